The summed E-state index contributed by atoms with van der Waals surface area (Å²) in [5.74, 6) is 1.86. The first-order valence-corrected chi connectivity index (χ1v) is 19.5. The third kappa shape index (κ3) is 5.76. The molecular formula is C53H35N5. The van der Waals surface area contributed by atoms with E-state index < -0.39 is 0 Å². The van der Waals surface area contributed by atoms with E-state index in [2.05, 4.69) is 209 Å². The molecule has 0 spiro atoms. The van der Waals surface area contributed by atoms with Gasteiger partial charge >= 0.3 is 0 Å². The van der Waals surface area contributed by atoms with Gasteiger partial charge in [0.25, 0.3) is 0 Å². The Morgan fingerprint density at radius 3 is 1.29 bits per heavy atom. The van der Waals surface area contributed by atoms with E-state index in [1.54, 1.807) is 0 Å². The van der Waals surface area contributed by atoms with E-state index in [4.69, 9.17) is 15.0 Å². The standard InChI is InChI=1S/C53H35N5/c1-4-15-36(16-5-1)38-27-31-40(32-28-38)50-54-51(41-33-29-39(30-34-41)37-17-6-2-7-18-37)56-52(55-50)43-20-14-19-42(35-43)49-45-23-10-11-24-46(45)58-48-26-13-12-25-47(48)57(53(49)58)44-21-8-3-9-22-44/h1-35H. The van der Waals surface area contributed by atoms with Gasteiger partial charge in [-0.05, 0) is 64.2 Å². The third-order valence-corrected chi connectivity index (χ3v) is 11.0. The van der Waals surface area contributed by atoms with E-state index in [-0.39, 0.29) is 0 Å². The average molecular weight is 742 g/mol. The van der Waals surface area contributed by atoms with Crippen LogP contribution < -0.4 is 0 Å². The molecule has 5 heteroatoms. The van der Waals surface area contributed by atoms with Crippen LogP contribution in [-0.2, 0) is 0 Å². The minimum absolute atomic E-state index is 0.615. The molecule has 272 valence electrons. The zero-order valence-electron chi connectivity index (χ0n) is 31.4. The number of para-hydroxylation sites is 4. The minimum Gasteiger partial charge on any atom is -0.293 e. The van der Waals surface area contributed by atoms with Gasteiger partial charge in [-0.15, -0.1) is 0 Å². The summed E-state index contributed by atoms with van der Waals surface area (Å²) in [5, 5.41) is 1.18. The van der Waals surface area contributed by atoms with Gasteiger partial charge in [0, 0.05) is 33.3 Å². The van der Waals surface area contributed by atoms with Crippen LogP contribution in [0.15, 0.2) is 212 Å². The molecule has 3 aromatic heterocycles. The SMILES string of the molecule is c1ccc(-c2ccc(-c3nc(-c4ccc(-c5ccccc5)cc4)nc(-c4cccc(-c5c6ccccc6n6c7ccccc7n(-c7ccccc7)c56)c4)n3)cc2)cc1. The smallest absolute Gasteiger partial charge is 0.164 e. The Labute approximate surface area is 335 Å². The Morgan fingerprint density at radius 1 is 0.293 bits per heavy atom. The molecule has 5 nitrogen and oxygen atoms in total. The lowest BCUT2D eigenvalue weighted by Gasteiger charge is -2.12. The summed E-state index contributed by atoms with van der Waals surface area (Å²) < 4.78 is 4.78. The van der Waals surface area contributed by atoms with Crippen LogP contribution in [0, 0.1) is 0 Å². The van der Waals surface area contributed by atoms with Crippen molar-refractivity contribution in [2.75, 3.05) is 0 Å². The number of benzene rings is 8. The molecule has 0 amide bonds. The maximum atomic E-state index is 5.18. The fourth-order valence-electron chi connectivity index (χ4n) is 8.22. The van der Waals surface area contributed by atoms with Crippen molar-refractivity contribution in [1.29, 1.82) is 0 Å². The van der Waals surface area contributed by atoms with E-state index in [0.717, 1.165) is 66.8 Å². The first-order chi connectivity index (χ1) is 28.8. The van der Waals surface area contributed by atoms with Crippen molar-refractivity contribution >= 4 is 27.6 Å². The second kappa shape index (κ2) is 14.0. The number of nitrogens with zero attached hydrogens (tertiary/aromatic N) is 5. The Hall–Kier alpha value is -7.89. The van der Waals surface area contributed by atoms with E-state index >= 15 is 0 Å². The fourth-order valence-corrected chi connectivity index (χ4v) is 8.22. The van der Waals surface area contributed by atoms with Crippen LogP contribution in [0.1, 0.15) is 0 Å². The summed E-state index contributed by atoms with van der Waals surface area (Å²) in [6.07, 6.45) is 0. The van der Waals surface area contributed by atoms with Gasteiger partial charge < -0.3 is 0 Å². The lowest BCUT2D eigenvalue weighted by molar-refractivity contribution is 1.07. The molecule has 0 aliphatic rings. The Bertz CT molecular complexity index is 3140. The number of hydrogen-bond acceptors (Lipinski definition) is 3. The fraction of sp³-hybridized carbons (Fsp3) is 0. The van der Waals surface area contributed by atoms with Gasteiger partial charge in [-0.1, -0.05) is 176 Å². The van der Waals surface area contributed by atoms with Crippen molar-refractivity contribution in [3.05, 3.63) is 212 Å². The summed E-state index contributed by atoms with van der Waals surface area (Å²) in [5.41, 5.74) is 15.3. The van der Waals surface area contributed by atoms with Crippen molar-refractivity contribution in [3.63, 3.8) is 0 Å². The van der Waals surface area contributed by atoms with Crippen molar-refractivity contribution in [2.24, 2.45) is 0 Å². The monoisotopic (exact) mass is 741 g/mol. The van der Waals surface area contributed by atoms with E-state index in [1.807, 2.05) is 12.1 Å². The highest BCUT2D eigenvalue weighted by Gasteiger charge is 2.23. The van der Waals surface area contributed by atoms with Crippen LogP contribution in [0.25, 0.3) is 101 Å². The largest absolute Gasteiger partial charge is 0.293 e. The normalized spacial score (nSPS) is 11.4. The Balaban J connectivity index is 1.09. The molecule has 0 atom stereocenters. The van der Waals surface area contributed by atoms with Crippen molar-refractivity contribution < 1.29 is 0 Å². The predicted octanol–water partition coefficient (Wildman–Crippen LogP) is 13.2. The Kier molecular flexibility index (Phi) is 8.07. The average Bonchev–Trinajstić information content (AvgIpc) is 3.82. The Morgan fingerprint density at radius 2 is 0.707 bits per heavy atom. The van der Waals surface area contributed by atoms with Gasteiger partial charge in [0.1, 0.15) is 5.65 Å². The number of hydrogen-bond donors (Lipinski definition) is 0. The third-order valence-electron chi connectivity index (χ3n) is 11.0. The van der Waals surface area contributed by atoms with Crippen molar-refractivity contribution in [1.82, 2.24) is 23.9 Å². The first-order valence-electron chi connectivity index (χ1n) is 19.5. The summed E-state index contributed by atoms with van der Waals surface area (Å²) in [6.45, 7) is 0. The van der Waals surface area contributed by atoms with E-state index in [0.29, 0.717) is 17.5 Å². The molecule has 0 N–H and O–H groups in total. The maximum absolute atomic E-state index is 5.18. The molecule has 3 heterocycles. The zero-order valence-corrected chi connectivity index (χ0v) is 31.4. The summed E-state index contributed by atoms with van der Waals surface area (Å²) in [6, 6.07) is 74.4. The highest BCUT2D eigenvalue weighted by Crippen LogP contribution is 2.41. The quantitative estimate of drug-likeness (QED) is 0.163. The summed E-state index contributed by atoms with van der Waals surface area (Å²) in [4.78, 5) is 15.5. The highest BCUT2D eigenvalue weighted by atomic mass is 15.1. The molecule has 0 unspecified atom stereocenters. The van der Waals surface area contributed by atoms with Crippen LogP contribution in [0.4, 0.5) is 0 Å². The molecule has 0 fully saturated rings. The van der Waals surface area contributed by atoms with Gasteiger partial charge in [-0.3, -0.25) is 8.97 Å². The second-order valence-electron chi connectivity index (χ2n) is 14.5. The van der Waals surface area contributed by atoms with Gasteiger partial charge in [0.05, 0.1) is 16.6 Å². The molecule has 0 saturated carbocycles. The van der Waals surface area contributed by atoms with Gasteiger partial charge in [-0.2, -0.15) is 0 Å². The van der Waals surface area contributed by atoms with E-state index in [9.17, 15) is 0 Å². The molecule has 58 heavy (non-hydrogen) atoms. The maximum Gasteiger partial charge on any atom is 0.164 e. The number of rotatable bonds is 7. The summed E-state index contributed by atoms with van der Waals surface area (Å²) >= 11 is 0. The molecule has 0 aliphatic heterocycles. The minimum atomic E-state index is 0.615. The van der Waals surface area contributed by atoms with Crippen LogP contribution in [-0.4, -0.2) is 23.9 Å². The number of imidazole rings is 1. The van der Waals surface area contributed by atoms with Crippen molar-refractivity contribution in [3.8, 4) is 73.2 Å². The lowest BCUT2D eigenvalue weighted by Crippen LogP contribution is -2.00. The van der Waals surface area contributed by atoms with Crippen LogP contribution in [0.3, 0.4) is 0 Å². The van der Waals surface area contributed by atoms with Crippen LogP contribution in [0.2, 0.25) is 0 Å². The predicted molar refractivity (Wildman–Crippen MR) is 238 cm³/mol. The van der Waals surface area contributed by atoms with E-state index in [1.165, 1.54) is 16.5 Å². The van der Waals surface area contributed by atoms with Crippen molar-refractivity contribution in [2.45, 2.75) is 0 Å². The second-order valence-corrected chi connectivity index (χ2v) is 14.5. The lowest BCUT2D eigenvalue weighted by atomic mass is 10.0. The number of fused-ring (bicyclic) bond motifs is 5. The summed E-state index contributed by atoms with van der Waals surface area (Å²) in [7, 11) is 0. The molecule has 0 aliphatic carbocycles. The topological polar surface area (TPSA) is 48.0 Å². The molecule has 0 saturated heterocycles. The number of aromatic nitrogens is 5. The zero-order chi connectivity index (χ0) is 38.4. The van der Waals surface area contributed by atoms with Crippen LogP contribution in [0.5, 0.6) is 0 Å². The molecule has 0 bridgehead atoms. The molecule has 11 aromatic rings. The highest BCUT2D eigenvalue weighted by molar-refractivity contribution is 6.09. The molecule has 0 radical (unpaired) electrons. The first kappa shape index (κ1) is 33.4. The molecule has 8 aromatic carbocycles. The van der Waals surface area contributed by atoms with Crippen LogP contribution >= 0.6 is 0 Å². The van der Waals surface area contributed by atoms with Gasteiger partial charge in [-0.25, -0.2) is 15.0 Å². The van der Waals surface area contributed by atoms with Gasteiger partial charge in [0.2, 0.25) is 0 Å². The molecule has 11 rings (SSSR count). The van der Waals surface area contributed by atoms with Gasteiger partial charge in [0.15, 0.2) is 17.5 Å². The molecular weight excluding hydrogens is 707 g/mol.